The predicted molar refractivity (Wildman–Crippen MR) is 116 cm³/mol. The Morgan fingerprint density at radius 1 is 0.613 bits per heavy atom. The van der Waals surface area contributed by atoms with Crippen molar-refractivity contribution in [1.82, 2.24) is 0 Å². The summed E-state index contributed by atoms with van der Waals surface area (Å²) in [5.41, 5.74) is 3.03. The number of ether oxygens (including phenoxy) is 4. The van der Waals surface area contributed by atoms with Gasteiger partial charge in [-0.2, -0.15) is 0 Å². The Kier molecular flexibility index (Phi) is 7.80. The van der Waals surface area contributed by atoms with E-state index in [0.29, 0.717) is 13.2 Å². The molecule has 0 aliphatic carbocycles. The predicted octanol–water partition coefficient (Wildman–Crippen LogP) is 5.07. The topological polar surface area (TPSA) is 36.9 Å². The van der Waals surface area contributed by atoms with Gasteiger partial charge in [0.2, 0.25) is 6.36 Å². The van der Waals surface area contributed by atoms with Gasteiger partial charge in [-0.15, -0.1) is 0 Å². The first-order chi connectivity index (χ1) is 15.3. The molecule has 0 N–H and O–H groups in total. The lowest BCUT2D eigenvalue weighted by molar-refractivity contribution is -0.110. The molecule has 1 aliphatic heterocycles. The highest BCUT2D eigenvalue weighted by atomic mass is 19.1. The quantitative estimate of drug-likeness (QED) is 0.457. The second kappa shape index (κ2) is 11.2. The van der Waals surface area contributed by atoms with Crippen molar-refractivity contribution in [3.8, 4) is 0 Å². The van der Waals surface area contributed by atoms with E-state index in [1.54, 1.807) is 0 Å². The molecule has 5 heteroatoms. The van der Waals surface area contributed by atoms with Gasteiger partial charge >= 0.3 is 0 Å². The van der Waals surface area contributed by atoms with Crippen LogP contribution >= 0.6 is 0 Å². The zero-order chi connectivity index (χ0) is 21.3. The smallest absolute Gasteiger partial charge is 0.228 e. The Labute approximate surface area is 182 Å². The molecular weight excluding hydrogens is 395 g/mol. The first-order valence-electron chi connectivity index (χ1n) is 10.5. The minimum Gasteiger partial charge on any atom is -0.374 e. The lowest BCUT2D eigenvalue weighted by atomic mass is 10.1. The van der Waals surface area contributed by atoms with Crippen molar-refractivity contribution in [2.45, 2.75) is 44.5 Å². The Morgan fingerprint density at radius 3 is 1.58 bits per heavy atom. The second-order valence-electron chi connectivity index (χ2n) is 7.55. The van der Waals surface area contributed by atoms with Crippen LogP contribution in [0.25, 0.3) is 0 Å². The average molecular weight is 422 g/mol. The van der Waals surface area contributed by atoms with Gasteiger partial charge in [0, 0.05) is 0 Å². The fraction of sp³-hybridized carbons (Fsp3) is 0.308. The summed E-state index contributed by atoms with van der Waals surface area (Å²) in [5, 5.41) is 0. The summed E-state index contributed by atoms with van der Waals surface area (Å²) < 4.78 is 38.2. The molecule has 1 fully saturated rings. The van der Waals surface area contributed by atoms with Crippen molar-refractivity contribution in [1.29, 1.82) is 0 Å². The Balaban J connectivity index is 1.39. The molecule has 0 unspecified atom stereocenters. The van der Waals surface area contributed by atoms with Crippen molar-refractivity contribution < 1.29 is 23.3 Å². The standard InChI is InChI=1S/C26H27FO4/c27-26-25(30-18-22-14-8-3-9-15-22)24(29-17-21-12-6-2-7-13-21)23(31-26)19-28-16-20-10-4-1-5-11-20/h1-15,23-26H,16-19H2/t23-,24-,25-,26-/m1/s1. The van der Waals surface area contributed by atoms with Crippen LogP contribution in [0.3, 0.4) is 0 Å². The number of rotatable bonds is 10. The third kappa shape index (κ3) is 6.21. The normalized spacial score (nSPS) is 23.1. The highest BCUT2D eigenvalue weighted by molar-refractivity contribution is 5.15. The van der Waals surface area contributed by atoms with Gasteiger partial charge in [0.15, 0.2) is 0 Å². The number of hydrogen-bond acceptors (Lipinski definition) is 4. The van der Waals surface area contributed by atoms with Crippen molar-refractivity contribution in [2.24, 2.45) is 0 Å². The molecule has 3 aromatic carbocycles. The minimum absolute atomic E-state index is 0.222. The molecule has 1 aliphatic rings. The summed E-state index contributed by atoms with van der Waals surface area (Å²) >= 11 is 0. The van der Waals surface area contributed by atoms with Crippen LogP contribution in [0.15, 0.2) is 91.0 Å². The Morgan fingerprint density at radius 2 is 1.06 bits per heavy atom. The first kappa shape index (κ1) is 21.7. The summed E-state index contributed by atoms with van der Waals surface area (Å²) in [7, 11) is 0. The lowest BCUT2D eigenvalue weighted by Crippen LogP contribution is -2.38. The molecule has 0 amide bonds. The van der Waals surface area contributed by atoms with Crippen LogP contribution in [-0.4, -0.2) is 31.3 Å². The summed E-state index contributed by atoms with van der Waals surface area (Å²) in [6.45, 7) is 1.29. The molecule has 0 radical (unpaired) electrons. The van der Waals surface area contributed by atoms with Crippen molar-refractivity contribution in [2.75, 3.05) is 6.61 Å². The molecule has 1 saturated heterocycles. The van der Waals surface area contributed by atoms with Gasteiger partial charge in [-0.05, 0) is 16.7 Å². The maximum atomic E-state index is 14.8. The largest absolute Gasteiger partial charge is 0.374 e. The molecule has 4 nitrogen and oxygen atoms in total. The third-order valence-electron chi connectivity index (χ3n) is 5.22. The van der Waals surface area contributed by atoms with Crippen LogP contribution in [0.1, 0.15) is 16.7 Å². The highest BCUT2D eigenvalue weighted by Gasteiger charge is 2.47. The second-order valence-corrected chi connectivity index (χ2v) is 7.55. The van der Waals surface area contributed by atoms with Gasteiger partial charge < -0.3 is 18.9 Å². The molecule has 1 heterocycles. The third-order valence-corrected chi connectivity index (χ3v) is 5.22. The zero-order valence-electron chi connectivity index (χ0n) is 17.3. The molecule has 0 saturated carbocycles. The molecule has 0 aromatic heterocycles. The number of alkyl halides is 1. The number of benzene rings is 3. The van der Waals surface area contributed by atoms with E-state index >= 15 is 0 Å². The van der Waals surface area contributed by atoms with E-state index in [1.807, 2.05) is 91.0 Å². The van der Waals surface area contributed by atoms with E-state index in [4.69, 9.17) is 18.9 Å². The Bertz CT molecular complexity index is 891. The first-order valence-corrected chi connectivity index (χ1v) is 10.5. The number of hydrogen-bond donors (Lipinski definition) is 0. The highest BCUT2D eigenvalue weighted by Crippen LogP contribution is 2.29. The SMILES string of the molecule is F[C@@H]1O[C@H](COCc2ccccc2)[C@@H](OCc2ccccc2)[C@H]1OCc1ccccc1. The van der Waals surface area contributed by atoms with E-state index < -0.39 is 24.7 Å². The van der Waals surface area contributed by atoms with Crippen molar-refractivity contribution in [3.05, 3.63) is 108 Å². The summed E-state index contributed by atoms with van der Waals surface area (Å²) in [6.07, 6.45) is -3.53. The van der Waals surface area contributed by atoms with E-state index in [2.05, 4.69) is 0 Å². The molecule has 0 spiro atoms. The fourth-order valence-corrected chi connectivity index (χ4v) is 3.59. The van der Waals surface area contributed by atoms with Gasteiger partial charge in [0.25, 0.3) is 0 Å². The van der Waals surface area contributed by atoms with E-state index in [1.165, 1.54) is 0 Å². The van der Waals surface area contributed by atoms with Gasteiger partial charge in [-0.1, -0.05) is 91.0 Å². The molecule has 31 heavy (non-hydrogen) atoms. The number of halogens is 1. The maximum absolute atomic E-state index is 14.8. The summed E-state index contributed by atoms with van der Waals surface area (Å²) in [6, 6.07) is 29.4. The van der Waals surface area contributed by atoms with Crippen molar-refractivity contribution >= 4 is 0 Å². The van der Waals surface area contributed by atoms with Crippen LogP contribution in [0.5, 0.6) is 0 Å². The molecule has 0 bridgehead atoms. The molecule has 4 rings (SSSR count). The lowest BCUT2D eigenvalue weighted by Gasteiger charge is -2.23. The molecule has 3 aromatic rings. The van der Waals surface area contributed by atoms with E-state index in [9.17, 15) is 4.39 Å². The van der Waals surface area contributed by atoms with Crippen LogP contribution < -0.4 is 0 Å². The van der Waals surface area contributed by atoms with Crippen LogP contribution in [0.2, 0.25) is 0 Å². The fourth-order valence-electron chi connectivity index (χ4n) is 3.59. The van der Waals surface area contributed by atoms with Crippen LogP contribution in [-0.2, 0) is 38.8 Å². The van der Waals surface area contributed by atoms with Gasteiger partial charge in [-0.3, -0.25) is 0 Å². The monoisotopic (exact) mass is 422 g/mol. The van der Waals surface area contributed by atoms with Crippen molar-refractivity contribution in [3.63, 3.8) is 0 Å². The van der Waals surface area contributed by atoms with E-state index in [0.717, 1.165) is 16.7 Å². The van der Waals surface area contributed by atoms with Crippen LogP contribution in [0.4, 0.5) is 4.39 Å². The molecule has 162 valence electrons. The Hall–Kier alpha value is -2.57. The summed E-state index contributed by atoms with van der Waals surface area (Å²) in [5.74, 6) is 0. The summed E-state index contributed by atoms with van der Waals surface area (Å²) in [4.78, 5) is 0. The molecular formula is C26H27FO4. The average Bonchev–Trinajstić information content (AvgIpc) is 3.12. The van der Waals surface area contributed by atoms with Crippen LogP contribution in [0, 0.1) is 0 Å². The van der Waals surface area contributed by atoms with Gasteiger partial charge in [0.1, 0.15) is 18.3 Å². The maximum Gasteiger partial charge on any atom is 0.228 e. The molecule has 4 atom stereocenters. The zero-order valence-corrected chi connectivity index (χ0v) is 17.3. The minimum atomic E-state index is -1.57. The van der Waals surface area contributed by atoms with Gasteiger partial charge in [-0.25, -0.2) is 4.39 Å². The van der Waals surface area contributed by atoms with Gasteiger partial charge in [0.05, 0.1) is 26.4 Å². The van der Waals surface area contributed by atoms with E-state index in [-0.39, 0.29) is 13.2 Å².